The molecular weight excluding hydrogens is 286 g/mol. The maximum Gasteiger partial charge on any atom is 0.230 e. The van der Waals surface area contributed by atoms with E-state index in [2.05, 4.69) is 19.1 Å². The molecule has 0 aliphatic carbocycles. The van der Waals surface area contributed by atoms with Gasteiger partial charge in [-0.1, -0.05) is 35.9 Å². The topological polar surface area (TPSA) is 29.5 Å². The summed E-state index contributed by atoms with van der Waals surface area (Å²) in [4.78, 5) is 14.4. The zero-order valence-corrected chi connectivity index (χ0v) is 13.8. The summed E-state index contributed by atoms with van der Waals surface area (Å²) in [6.07, 6.45) is 2.49. The molecule has 0 aromatic heterocycles. The molecule has 0 fully saturated rings. The number of hydrogen-bond acceptors (Lipinski definition) is 2. The molecule has 0 saturated carbocycles. The first-order chi connectivity index (χ1) is 11.1. The molecule has 1 aliphatic heterocycles. The van der Waals surface area contributed by atoms with E-state index < -0.39 is 0 Å². The van der Waals surface area contributed by atoms with Gasteiger partial charge in [0, 0.05) is 12.2 Å². The Morgan fingerprint density at radius 1 is 1.17 bits per heavy atom. The first kappa shape index (κ1) is 15.6. The second-order valence-corrected chi connectivity index (χ2v) is 6.15. The van der Waals surface area contributed by atoms with Gasteiger partial charge in [0.05, 0.1) is 13.0 Å². The fraction of sp³-hybridized carbons (Fsp3) is 0.350. The van der Waals surface area contributed by atoms with E-state index in [0.717, 1.165) is 36.4 Å². The molecule has 3 nitrogen and oxygen atoms in total. The van der Waals surface area contributed by atoms with Crippen molar-refractivity contribution in [1.29, 1.82) is 0 Å². The SMILES string of the molecule is Cc1ccc(OCCC(=O)N2CCCc3ccccc32)c(C)c1. The van der Waals surface area contributed by atoms with E-state index in [-0.39, 0.29) is 5.91 Å². The van der Waals surface area contributed by atoms with Crippen molar-refractivity contribution < 1.29 is 9.53 Å². The third-order valence-electron chi connectivity index (χ3n) is 4.32. The van der Waals surface area contributed by atoms with E-state index in [0.29, 0.717) is 13.0 Å². The lowest BCUT2D eigenvalue weighted by atomic mass is 10.0. The number of amides is 1. The Morgan fingerprint density at radius 2 is 2.00 bits per heavy atom. The third kappa shape index (κ3) is 3.55. The van der Waals surface area contributed by atoms with Gasteiger partial charge in [-0.2, -0.15) is 0 Å². The first-order valence-corrected chi connectivity index (χ1v) is 8.23. The standard InChI is InChI=1S/C20H23NO2/c1-15-9-10-19(16(2)14-15)23-13-11-20(22)21-12-5-7-17-6-3-4-8-18(17)21/h3-4,6,8-10,14H,5,7,11-13H2,1-2H3. The first-order valence-electron chi connectivity index (χ1n) is 8.23. The van der Waals surface area contributed by atoms with E-state index in [1.807, 2.05) is 42.2 Å². The Morgan fingerprint density at radius 3 is 2.83 bits per heavy atom. The van der Waals surface area contributed by atoms with Crippen LogP contribution >= 0.6 is 0 Å². The number of benzene rings is 2. The molecule has 3 heteroatoms. The van der Waals surface area contributed by atoms with Crippen LogP contribution in [0.5, 0.6) is 5.75 Å². The third-order valence-corrected chi connectivity index (χ3v) is 4.32. The highest BCUT2D eigenvalue weighted by atomic mass is 16.5. The predicted molar refractivity (Wildman–Crippen MR) is 93.1 cm³/mol. The van der Waals surface area contributed by atoms with Crippen molar-refractivity contribution in [2.24, 2.45) is 0 Å². The van der Waals surface area contributed by atoms with Gasteiger partial charge in [-0.25, -0.2) is 0 Å². The summed E-state index contributed by atoms with van der Waals surface area (Å²) in [5, 5.41) is 0. The van der Waals surface area contributed by atoms with Gasteiger partial charge in [0.2, 0.25) is 5.91 Å². The van der Waals surface area contributed by atoms with E-state index in [1.54, 1.807) is 0 Å². The largest absolute Gasteiger partial charge is 0.493 e. The molecule has 3 rings (SSSR count). The van der Waals surface area contributed by atoms with Crippen LogP contribution in [0.15, 0.2) is 42.5 Å². The highest BCUT2D eigenvalue weighted by molar-refractivity contribution is 5.94. The maximum atomic E-state index is 12.5. The summed E-state index contributed by atoms with van der Waals surface area (Å²) in [6, 6.07) is 14.3. The molecular formula is C20H23NO2. The number of carbonyl (C=O) groups is 1. The molecule has 0 bridgehead atoms. The van der Waals surface area contributed by atoms with Crippen LogP contribution in [0.3, 0.4) is 0 Å². The molecule has 1 aliphatic rings. The fourth-order valence-electron chi connectivity index (χ4n) is 3.14. The van der Waals surface area contributed by atoms with Crippen LogP contribution in [0.4, 0.5) is 5.69 Å². The smallest absolute Gasteiger partial charge is 0.230 e. The van der Waals surface area contributed by atoms with Crippen LogP contribution in [-0.4, -0.2) is 19.1 Å². The molecule has 0 N–H and O–H groups in total. The molecule has 0 spiro atoms. The van der Waals surface area contributed by atoms with Gasteiger partial charge in [-0.3, -0.25) is 4.79 Å². The highest BCUT2D eigenvalue weighted by Crippen LogP contribution is 2.27. The fourth-order valence-corrected chi connectivity index (χ4v) is 3.14. The molecule has 1 amide bonds. The van der Waals surface area contributed by atoms with Crippen molar-refractivity contribution in [2.75, 3.05) is 18.1 Å². The molecule has 0 atom stereocenters. The molecule has 120 valence electrons. The van der Waals surface area contributed by atoms with Gasteiger partial charge in [-0.15, -0.1) is 0 Å². The van der Waals surface area contributed by atoms with Crippen LogP contribution in [0.1, 0.15) is 29.5 Å². The molecule has 0 unspecified atom stereocenters. The second-order valence-electron chi connectivity index (χ2n) is 6.15. The minimum atomic E-state index is 0.141. The van der Waals surface area contributed by atoms with Gasteiger partial charge in [0.15, 0.2) is 0 Å². The van der Waals surface area contributed by atoms with Crippen molar-refractivity contribution in [3.8, 4) is 5.75 Å². The number of fused-ring (bicyclic) bond motifs is 1. The zero-order chi connectivity index (χ0) is 16.2. The number of rotatable bonds is 4. The van der Waals surface area contributed by atoms with Gasteiger partial charge < -0.3 is 9.64 Å². The van der Waals surface area contributed by atoms with Gasteiger partial charge in [-0.05, 0) is 49.9 Å². The average Bonchev–Trinajstić information content (AvgIpc) is 2.56. The van der Waals surface area contributed by atoms with Crippen molar-refractivity contribution in [2.45, 2.75) is 33.1 Å². The number of carbonyl (C=O) groups excluding carboxylic acids is 1. The minimum Gasteiger partial charge on any atom is -0.493 e. The Balaban J connectivity index is 1.60. The Hall–Kier alpha value is -2.29. The summed E-state index contributed by atoms with van der Waals surface area (Å²) in [5.74, 6) is 1.00. The molecule has 1 heterocycles. The van der Waals surface area contributed by atoms with Crippen molar-refractivity contribution >= 4 is 11.6 Å². The zero-order valence-electron chi connectivity index (χ0n) is 13.8. The molecule has 0 saturated heterocycles. The van der Waals surface area contributed by atoms with Crippen LogP contribution in [0.25, 0.3) is 0 Å². The lowest BCUT2D eigenvalue weighted by Crippen LogP contribution is -2.36. The van der Waals surface area contributed by atoms with Crippen LogP contribution in [-0.2, 0) is 11.2 Å². The average molecular weight is 309 g/mol. The number of para-hydroxylation sites is 1. The van der Waals surface area contributed by atoms with E-state index in [9.17, 15) is 4.79 Å². The van der Waals surface area contributed by atoms with Crippen LogP contribution in [0.2, 0.25) is 0 Å². The number of nitrogens with zero attached hydrogens (tertiary/aromatic N) is 1. The lowest BCUT2D eigenvalue weighted by Gasteiger charge is -2.29. The summed E-state index contributed by atoms with van der Waals surface area (Å²) in [7, 11) is 0. The van der Waals surface area contributed by atoms with Crippen LogP contribution < -0.4 is 9.64 Å². The summed E-state index contributed by atoms with van der Waals surface area (Å²) in [5.41, 5.74) is 4.66. The normalized spacial score (nSPS) is 13.6. The van der Waals surface area contributed by atoms with E-state index in [1.165, 1.54) is 11.1 Å². The molecule has 23 heavy (non-hydrogen) atoms. The minimum absolute atomic E-state index is 0.141. The number of anilines is 1. The van der Waals surface area contributed by atoms with Crippen molar-refractivity contribution in [3.63, 3.8) is 0 Å². The monoisotopic (exact) mass is 309 g/mol. The maximum absolute atomic E-state index is 12.5. The Bertz CT molecular complexity index is 709. The Kier molecular flexibility index (Phi) is 4.65. The van der Waals surface area contributed by atoms with Gasteiger partial charge in [0.25, 0.3) is 0 Å². The quantitative estimate of drug-likeness (QED) is 0.852. The number of hydrogen-bond donors (Lipinski definition) is 0. The van der Waals surface area contributed by atoms with Crippen molar-refractivity contribution in [1.82, 2.24) is 0 Å². The lowest BCUT2D eigenvalue weighted by molar-refractivity contribution is -0.119. The van der Waals surface area contributed by atoms with E-state index in [4.69, 9.17) is 4.74 Å². The molecule has 2 aromatic carbocycles. The van der Waals surface area contributed by atoms with Crippen molar-refractivity contribution in [3.05, 3.63) is 59.2 Å². The Labute approximate surface area is 137 Å². The summed E-state index contributed by atoms with van der Waals surface area (Å²) < 4.78 is 5.79. The number of aryl methyl sites for hydroxylation is 3. The summed E-state index contributed by atoms with van der Waals surface area (Å²) >= 11 is 0. The second kappa shape index (κ2) is 6.86. The molecule has 2 aromatic rings. The molecule has 0 radical (unpaired) electrons. The highest BCUT2D eigenvalue weighted by Gasteiger charge is 2.21. The summed E-state index contributed by atoms with van der Waals surface area (Å²) in [6.45, 7) is 5.32. The van der Waals surface area contributed by atoms with Gasteiger partial charge >= 0.3 is 0 Å². The predicted octanol–water partition coefficient (Wildman–Crippen LogP) is 4.05. The van der Waals surface area contributed by atoms with E-state index >= 15 is 0 Å². The van der Waals surface area contributed by atoms with Gasteiger partial charge in [0.1, 0.15) is 5.75 Å². The number of ether oxygens (including phenoxy) is 1. The van der Waals surface area contributed by atoms with Crippen LogP contribution in [0, 0.1) is 13.8 Å².